The number of amides is 2. The molecule has 110 heavy (non-hydrogen) atoms. The number of carbonyl (C=O) groups excluding carboxylic acids is 6. The number of nitrogens with zero attached hydrogens (tertiary/aromatic N) is 2. The molecule has 0 aliphatic heterocycles. The van der Waals surface area contributed by atoms with Crippen LogP contribution in [0.2, 0.25) is 0 Å². The number of hydrogen-bond acceptors (Lipinski definition) is 12. The first-order valence-electron chi connectivity index (χ1n) is 48.0. The van der Waals surface area contributed by atoms with Crippen LogP contribution in [0, 0.1) is 5.41 Å². The molecular formula is C96H184N4O10. The van der Waals surface area contributed by atoms with Crippen LogP contribution in [0.25, 0.3) is 0 Å². The smallest absolute Gasteiger partial charge is 0.311 e. The summed E-state index contributed by atoms with van der Waals surface area (Å²) < 4.78 is 23.8. The molecule has 0 bridgehead atoms. The number of carbonyl (C=O) groups is 6. The molecule has 0 rings (SSSR count). The Balaban J connectivity index is 5.75. The number of ether oxygens (including phenoxy) is 4. The molecule has 2 atom stereocenters. The zero-order chi connectivity index (χ0) is 80.7. The van der Waals surface area contributed by atoms with E-state index in [4.69, 9.17) is 18.9 Å². The Bertz CT molecular complexity index is 2070. The summed E-state index contributed by atoms with van der Waals surface area (Å²) in [6.45, 7) is 27.2. The first kappa shape index (κ1) is 106. The van der Waals surface area contributed by atoms with Gasteiger partial charge in [-0.15, -0.1) is 0 Å². The topological polar surface area (TPSA) is 170 Å². The van der Waals surface area contributed by atoms with E-state index < -0.39 is 5.41 Å². The summed E-state index contributed by atoms with van der Waals surface area (Å²) in [6.07, 6.45) is 75.2. The van der Waals surface area contributed by atoms with E-state index in [1.807, 2.05) is 13.8 Å². The van der Waals surface area contributed by atoms with Crippen LogP contribution < -0.4 is 10.6 Å². The van der Waals surface area contributed by atoms with Crippen LogP contribution >= 0.6 is 0 Å². The zero-order valence-electron chi connectivity index (χ0n) is 74.6. The summed E-state index contributed by atoms with van der Waals surface area (Å²) in [5.74, 6) is -0.888. The van der Waals surface area contributed by atoms with Crippen LogP contribution in [-0.2, 0) is 47.7 Å². The van der Waals surface area contributed by atoms with E-state index in [0.717, 1.165) is 206 Å². The SMILES string of the molecule is CCCCCCCCCCCOC(=O)CCCCCN(CCCCCCCC(=O)OC(CCCCCCCC)CCCCCCCC)C(C)CNC(=O)/C=C/C(=O)NCC(C)N(CCCCCCCC(=O)OC(CCCCCCCC)CCCCCCCC)CCCCC(C)(C)C(=O)OCCCCCCCCCCC. The van der Waals surface area contributed by atoms with Crippen LogP contribution in [-0.4, -0.2) is 122 Å². The lowest BCUT2D eigenvalue weighted by Crippen LogP contribution is -2.43. The summed E-state index contributed by atoms with van der Waals surface area (Å²) in [5, 5.41) is 6.18. The molecule has 14 nitrogen and oxygen atoms in total. The summed E-state index contributed by atoms with van der Waals surface area (Å²) in [4.78, 5) is 84.1. The summed E-state index contributed by atoms with van der Waals surface area (Å²) in [5.41, 5.74) is -0.564. The quantitative estimate of drug-likeness (QED) is 0.0256. The van der Waals surface area contributed by atoms with Gasteiger partial charge in [0.15, 0.2) is 0 Å². The second-order valence-corrected chi connectivity index (χ2v) is 34.2. The van der Waals surface area contributed by atoms with Crippen molar-refractivity contribution in [2.45, 2.75) is 511 Å². The monoisotopic (exact) mass is 1550 g/mol. The Morgan fingerprint density at radius 1 is 0.300 bits per heavy atom. The molecule has 0 heterocycles. The van der Waals surface area contributed by atoms with Crippen molar-refractivity contribution in [3.63, 3.8) is 0 Å². The fourth-order valence-corrected chi connectivity index (χ4v) is 15.2. The van der Waals surface area contributed by atoms with Crippen molar-refractivity contribution in [2.24, 2.45) is 5.41 Å². The van der Waals surface area contributed by atoms with Gasteiger partial charge in [0.25, 0.3) is 0 Å². The van der Waals surface area contributed by atoms with Crippen molar-refractivity contribution in [2.75, 3.05) is 52.5 Å². The molecule has 0 aromatic rings. The predicted molar refractivity (Wildman–Crippen MR) is 467 cm³/mol. The normalized spacial score (nSPS) is 12.5. The van der Waals surface area contributed by atoms with Gasteiger partial charge in [-0.05, 0) is 169 Å². The molecule has 0 fully saturated rings. The first-order valence-corrected chi connectivity index (χ1v) is 48.0. The van der Waals surface area contributed by atoms with Gasteiger partial charge in [0.2, 0.25) is 11.8 Å². The Kier molecular flexibility index (Phi) is 78.1. The minimum Gasteiger partial charge on any atom is -0.466 e. The van der Waals surface area contributed by atoms with Crippen molar-refractivity contribution in [1.82, 2.24) is 20.4 Å². The van der Waals surface area contributed by atoms with Gasteiger partial charge in [-0.3, -0.25) is 38.6 Å². The molecule has 0 radical (unpaired) electrons. The molecule has 0 aliphatic rings. The van der Waals surface area contributed by atoms with Gasteiger partial charge >= 0.3 is 23.9 Å². The number of nitrogens with one attached hydrogen (secondary N) is 2. The number of esters is 4. The van der Waals surface area contributed by atoms with E-state index in [9.17, 15) is 28.8 Å². The van der Waals surface area contributed by atoms with Crippen molar-refractivity contribution in [1.29, 1.82) is 0 Å². The van der Waals surface area contributed by atoms with Crippen molar-refractivity contribution < 1.29 is 47.7 Å². The second kappa shape index (κ2) is 80.7. The van der Waals surface area contributed by atoms with Gasteiger partial charge in [0, 0.05) is 56.6 Å². The molecule has 2 N–H and O–H groups in total. The van der Waals surface area contributed by atoms with Gasteiger partial charge in [-0.1, -0.05) is 324 Å². The molecular weight excluding hydrogens is 1370 g/mol. The van der Waals surface area contributed by atoms with E-state index in [-0.39, 0.29) is 60.0 Å². The molecule has 2 amide bonds. The van der Waals surface area contributed by atoms with Gasteiger partial charge < -0.3 is 29.6 Å². The highest BCUT2D eigenvalue weighted by Crippen LogP contribution is 2.27. The lowest BCUT2D eigenvalue weighted by atomic mass is 9.87. The van der Waals surface area contributed by atoms with Gasteiger partial charge in [0.1, 0.15) is 12.2 Å². The number of rotatable bonds is 86. The van der Waals surface area contributed by atoms with Crippen molar-refractivity contribution in [3.05, 3.63) is 12.2 Å². The van der Waals surface area contributed by atoms with E-state index in [0.29, 0.717) is 45.6 Å². The largest absolute Gasteiger partial charge is 0.466 e. The van der Waals surface area contributed by atoms with Crippen molar-refractivity contribution >= 4 is 35.7 Å². The predicted octanol–water partition coefficient (Wildman–Crippen LogP) is 26.6. The summed E-state index contributed by atoms with van der Waals surface area (Å²) >= 11 is 0. The highest BCUT2D eigenvalue weighted by Gasteiger charge is 2.29. The molecule has 14 heteroatoms. The van der Waals surface area contributed by atoms with Gasteiger partial charge in [-0.25, -0.2) is 0 Å². The Labute approximate surface area is 681 Å². The fourth-order valence-electron chi connectivity index (χ4n) is 15.2. The molecule has 0 saturated carbocycles. The standard InChI is InChI=1S/C96H184N4O10/c1-11-17-23-29-35-37-39-51-66-82-107-92(103)72-60-53-64-80-99(78-62-49-41-47-58-73-93(104)109-88(68-54-43-31-25-19-13-3)69-55-44-32-26-20-14-4)86(7)84-97-90(101)75-76-91(102)98-85-87(8)100(81-65-61-77-96(9,10)95(106)108-83-67-52-40-38-36-30-24-18-12-2)79-63-50-42-48-59-74-94(105)110-89(70-56-45-33-27-21-15-5)71-57-46-34-28-22-16-6/h75-76,86-89H,11-74,77-85H2,1-10H3,(H,97,101)(H,98,102)/b76-75+. The average Bonchev–Trinajstić information content (AvgIpc) is 0.884. The Morgan fingerprint density at radius 3 is 0.864 bits per heavy atom. The maximum atomic E-state index is 13.4. The third-order valence-electron chi connectivity index (χ3n) is 22.9. The minimum atomic E-state index is -0.564. The highest BCUT2D eigenvalue weighted by atomic mass is 16.6. The maximum absolute atomic E-state index is 13.4. The highest BCUT2D eigenvalue weighted by molar-refractivity contribution is 5.96. The molecule has 0 aromatic carbocycles. The summed E-state index contributed by atoms with van der Waals surface area (Å²) in [7, 11) is 0. The second-order valence-electron chi connectivity index (χ2n) is 34.2. The average molecular weight is 1550 g/mol. The van der Waals surface area contributed by atoms with Crippen LogP contribution in [0.5, 0.6) is 0 Å². The van der Waals surface area contributed by atoms with Crippen LogP contribution in [0.1, 0.15) is 487 Å². The van der Waals surface area contributed by atoms with Crippen molar-refractivity contribution in [3.8, 4) is 0 Å². The summed E-state index contributed by atoms with van der Waals surface area (Å²) in [6, 6.07) is 0.0984. The lowest BCUT2D eigenvalue weighted by Gasteiger charge is -2.30. The van der Waals surface area contributed by atoms with E-state index >= 15 is 0 Å². The minimum absolute atomic E-state index is 0.0331. The zero-order valence-corrected chi connectivity index (χ0v) is 74.6. The van der Waals surface area contributed by atoms with Gasteiger partial charge in [-0.2, -0.15) is 0 Å². The molecule has 648 valence electrons. The number of hydrogen-bond donors (Lipinski definition) is 2. The fraction of sp³-hybridized carbons (Fsp3) is 0.917. The lowest BCUT2D eigenvalue weighted by molar-refractivity contribution is -0.154. The van der Waals surface area contributed by atoms with E-state index in [2.05, 4.69) is 75.8 Å². The van der Waals surface area contributed by atoms with Gasteiger partial charge in [0.05, 0.1) is 18.6 Å². The molecule has 0 aliphatic carbocycles. The van der Waals surface area contributed by atoms with E-state index in [1.54, 1.807) is 0 Å². The van der Waals surface area contributed by atoms with E-state index in [1.165, 1.54) is 230 Å². The van der Waals surface area contributed by atoms with Crippen LogP contribution in [0.4, 0.5) is 0 Å². The third-order valence-corrected chi connectivity index (χ3v) is 22.9. The van der Waals surface area contributed by atoms with Crippen LogP contribution in [0.3, 0.4) is 0 Å². The number of unbranched alkanes of at least 4 members (excludes halogenated alkanes) is 47. The maximum Gasteiger partial charge on any atom is 0.311 e. The molecule has 0 spiro atoms. The molecule has 2 unspecified atom stereocenters. The van der Waals surface area contributed by atoms with Crippen LogP contribution in [0.15, 0.2) is 12.2 Å². The third kappa shape index (κ3) is 71.1. The molecule has 0 saturated heterocycles. The Hall–Kier alpha value is -3.52. The first-order chi connectivity index (χ1) is 53.6. The Morgan fingerprint density at radius 2 is 0.545 bits per heavy atom. The molecule has 0 aromatic heterocycles.